The van der Waals surface area contributed by atoms with Crippen molar-refractivity contribution < 1.29 is 4.79 Å². The van der Waals surface area contributed by atoms with Crippen LogP contribution in [0.1, 0.15) is 36.8 Å². The van der Waals surface area contributed by atoms with Crippen LogP contribution < -0.4 is 21.3 Å². The number of nitrogens with zero attached hydrogens (tertiary/aromatic N) is 3. The maximum absolute atomic E-state index is 11.6. The number of aliphatic imine (C=N–C) groups is 1. The van der Waals surface area contributed by atoms with Crippen molar-refractivity contribution in [2.45, 2.75) is 32.2 Å². The third kappa shape index (κ3) is 5.72. The quantitative estimate of drug-likeness (QED) is 0.482. The Kier molecular flexibility index (Phi) is 7.65. The number of primary amides is 1. The molecule has 2 unspecified atom stereocenters. The fraction of sp³-hybridized carbons (Fsp3) is 0.435. The Morgan fingerprint density at radius 3 is 2.80 bits per heavy atom. The zero-order valence-electron chi connectivity index (χ0n) is 17.8. The SMILES string of the molecule is CN=C(NCc1cccnc1N1CCCC(C(N)=O)C1)NCC(C)c1ccccc1. The summed E-state index contributed by atoms with van der Waals surface area (Å²) in [6.07, 6.45) is 3.58. The molecule has 7 nitrogen and oxygen atoms in total. The molecular formula is C23H32N6O. The highest BCUT2D eigenvalue weighted by Crippen LogP contribution is 2.24. The summed E-state index contributed by atoms with van der Waals surface area (Å²) in [5.41, 5.74) is 7.91. The number of guanidine groups is 1. The lowest BCUT2D eigenvalue weighted by molar-refractivity contribution is -0.122. The fourth-order valence-corrected chi connectivity index (χ4v) is 3.80. The lowest BCUT2D eigenvalue weighted by atomic mass is 9.97. The van der Waals surface area contributed by atoms with E-state index in [0.29, 0.717) is 19.0 Å². The summed E-state index contributed by atoms with van der Waals surface area (Å²) in [5.74, 6) is 1.69. The molecule has 0 bridgehead atoms. The molecule has 4 N–H and O–H groups in total. The number of carbonyl (C=O) groups is 1. The van der Waals surface area contributed by atoms with E-state index in [1.165, 1.54) is 5.56 Å². The van der Waals surface area contributed by atoms with Gasteiger partial charge < -0.3 is 21.3 Å². The van der Waals surface area contributed by atoms with E-state index in [0.717, 1.165) is 43.3 Å². The molecule has 1 aliphatic rings. The normalized spacial score (nSPS) is 18.0. The van der Waals surface area contributed by atoms with Gasteiger partial charge in [-0.2, -0.15) is 0 Å². The van der Waals surface area contributed by atoms with Gasteiger partial charge in [0.1, 0.15) is 5.82 Å². The third-order valence-corrected chi connectivity index (χ3v) is 5.60. The van der Waals surface area contributed by atoms with Crippen LogP contribution in [0.4, 0.5) is 5.82 Å². The summed E-state index contributed by atoms with van der Waals surface area (Å²) in [4.78, 5) is 22.7. The van der Waals surface area contributed by atoms with Crippen LogP contribution in [0, 0.1) is 5.92 Å². The van der Waals surface area contributed by atoms with Crippen LogP contribution in [-0.2, 0) is 11.3 Å². The van der Waals surface area contributed by atoms with Crippen molar-refractivity contribution in [1.29, 1.82) is 0 Å². The van der Waals surface area contributed by atoms with Gasteiger partial charge >= 0.3 is 0 Å². The lowest BCUT2D eigenvalue weighted by Crippen LogP contribution is -2.42. The Bertz CT molecular complexity index is 854. The Morgan fingerprint density at radius 1 is 1.27 bits per heavy atom. The van der Waals surface area contributed by atoms with E-state index < -0.39 is 0 Å². The molecule has 2 heterocycles. The number of amides is 1. The van der Waals surface area contributed by atoms with Crippen LogP contribution in [-0.4, -0.2) is 43.5 Å². The summed E-state index contributed by atoms with van der Waals surface area (Å²) >= 11 is 0. The second-order valence-corrected chi connectivity index (χ2v) is 7.79. The lowest BCUT2D eigenvalue weighted by Gasteiger charge is -2.33. The molecule has 0 radical (unpaired) electrons. The number of nitrogens with two attached hydrogens (primary N) is 1. The average molecular weight is 409 g/mol. The average Bonchev–Trinajstić information content (AvgIpc) is 2.80. The van der Waals surface area contributed by atoms with Crippen molar-refractivity contribution in [3.05, 3.63) is 59.8 Å². The molecule has 1 aromatic carbocycles. The van der Waals surface area contributed by atoms with Crippen molar-refractivity contribution in [2.75, 3.05) is 31.6 Å². The van der Waals surface area contributed by atoms with E-state index in [1.54, 1.807) is 13.2 Å². The third-order valence-electron chi connectivity index (χ3n) is 5.60. The largest absolute Gasteiger partial charge is 0.369 e. The number of aromatic nitrogens is 1. The van der Waals surface area contributed by atoms with E-state index in [-0.39, 0.29) is 11.8 Å². The molecule has 160 valence electrons. The molecule has 0 saturated carbocycles. The highest BCUT2D eigenvalue weighted by Gasteiger charge is 2.26. The molecule has 2 atom stereocenters. The highest BCUT2D eigenvalue weighted by molar-refractivity contribution is 5.80. The van der Waals surface area contributed by atoms with E-state index in [2.05, 4.69) is 62.8 Å². The van der Waals surface area contributed by atoms with Gasteiger partial charge in [-0.15, -0.1) is 0 Å². The van der Waals surface area contributed by atoms with E-state index in [1.807, 2.05) is 12.1 Å². The zero-order chi connectivity index (χ0) is 21.3. The number of nitrogens with one attached hydrogen (secondary N) is 2. The van der Waals surface area contributed by atoms with Crippen molar-refractivity contribution in [1.82, 2.24) is 15.6 Å². The number of hydrogen-bond acceptors (Lipinski definition) is 4. The first-order valence-electron chi connectivity index (χ1n) is 10.6. The topological polar surface area (TPSA) is 95.6 Å². The minimum absolute atomic E-state index is 0.115. The number of rotatable bonds is 7. The molecule has 7 heteroatoms. The van der Waals surface area contributed by atoms with Crippen LogP contribution in [0.2, 0.25) is 0 Å². The van der Waals surface area contributed by atoms with Gasteiger partial charge in [-0.1, -0.05) is 43.3 Å². The first-order valence-corrected chi connectivity index (χ1v) is 10.6. The first kappa shape index (κ1) is 21.6. The second kappa shape index (κ2) is 10.6. The molecule has 1 aromatic heterocycles. The molecule has 0 aliphatic carbocycles. The molecule has 1 amide bonds. The second-order valence-electron chi connectivity index (χ2n) is 7.79. The Balaban J connectivity index is 1.59. The summed E-state index contributed by atoms with van der Waals surface area (Å²) in [6.45, 7) is 5.09. The van der Waals surface area contributed by atoms with Crippen molar-refractivity contribution in [3.63, 3.8) is 0 Å². The summed E-state index contributed by atoms with van der Waals surface area (Å²) in [5, 5.41) is 6.79. The fourth-order valence-electron chi connectivity index (χ4n) is 3.80. The smallest absolute Gasteiger partial charge is 0.222 e. The predicted molar refractivity (Wildman–Crippen MR) is 121 cm³/mol. The predicted octanol–water partition coefficient (Wildman–Crippen LogP) is 2.25. The summed E-state index contributed by atoms with van der Waals surface area (Å²) in [6, 6.07) is 14.4. The summed E-state index contributed by atoms with van der Waals surface area (Å²) in [7, 11) is 1.77. The Hall–Kier alpha value is -3.09. The van der Waals surface area contributed by atoms with Crippen LogP contribution in [0.15, 0.2) is 53.7 Å². The molecule has 1 aliphatic heterocycles. The van der Waals surface area contributed by atoms with Crippen LogP contribution in [0.3, 0.4) is 0 Å². The number of carbonyl (C=O) groups excluding carboxylic acids is 1. The number of hydrogen-bond donors (Lipinski definition) is 3. The van der Waals surface area contributed by atoms with Gasteiger partial charge in [-0.25, -0.2) is 4.98 Å². The monoisotopic (exact) mass is 408 g/mol. The molecule has 1 saturated heterocycles. The van der Waals surface area contributed by atoms with E-state index in [4.69, 9.17) is 5.73 Å². The van der Waals surface area contributed by atoms with Crippen molar-refractivity contribution >= 4 is 17.7 Å². The minimum atomic E-state index is -0.229. The van der Waals surface area contributed by atoms with Crippen LogP contribution >= 0.6 is 0 Å². The van der Waals surface area contributed by atoms with E-state index in [9.17, 15) is 4.79 Å². The number of pyridine rings is 1. The minimum Gasteiger partial charge on any atom is -0.369 e. The zero-order valence-corrected chi connectivity index (χ0v) is 17.8. The molecule has 30 heavy (non-hydrogen) atoms. The van der Waals surface area contributed by atoms with Gasteiger partial charge in [0.15, 0.2) is 5.96 Å². The van der Waals surface area contributed by atoms with Gasteiger partial charge in [-0.3, -0.25) is 9.79 Å². The van der Waals surface area contributed by atoms with Crippen molar-refractivity contribution in [2.24, 2.45) is 16.6 Å². The maximum atomic E-state index is 11.6. The molecule has 0 spiro atoms. The number of piperidine rings is 1. The number of anilines is 1. The summed E-state index contributed by atoms with van der Waals surface area (Å²) < 4.78 is 0. The molecule has 1 fully saturated rings. The molecule has 2 aromatic rings. The molecule has 3 rings (SSSR count). The highest BCUT2D eigenvalue weighted by atomic mass is 16.1. The van der Waals surface area contributed by atoms with Gasteiger partial charge in [0.05, 0.1) is 5.92 Å². The first-order chi connectivity index (χ1) is 14.6. The maximum Gasteiger partial charge on any atom is 0.222 e. The van der Waals surface area contributed by atoms with Crippen molar-refractivity contribution in [3.8, 4) is 0 Å². The van der Waals surface area contributed by atoms with Gasteiger partial charge in [0, 0.05) is 45.0 Å². The number of benzene rings is 1. The standard InChI is InChI=1S/C23H32N6O/c1-17(18-8-4-3-5-9-18)14-27-23(25-2)28-15-19-10-6-12-26-22(19)29-13-7-11-20(16-29)21(24)30/h3-6,8-10,12,17,20H,7,11,13-16H2,1-2H3,(H2,24,30)(H2,25,27,28). The van der Waals surface area contributed by atoms with Gasteiger partial charge in [0.25, 0.3) is 0 Å². The Labute approximate surface area is 178 Å². The van der Waals surface area contributed by atoms with E-state index >= 15 is 0 Å². The van der Waals surface area contributed by atoms with Crippen LogP contribution in [0.5, 0.6) is 0 Å². The van der Waals surface area contributed by atoms with Gasteiger partial charge in [-0.05, 0) is 30.4 Å². The van der Waals surface area contributed by atoms with Gasteiger partial charge in [0.2, 0.25) is 5.91 Å². The Morgan fingerprint density at radius 2 is 2.07 bits per heavy atom. The van der Waals surface area contributed by atoms with Crippen LogP contribution in [0.25, 0.3) is 0 Å². The molecular weight excluding hydrogens is 376 g/mol.